The summed E-state index contributed by atoms with van der Waals surface area (Å²) in [5.74, 6) is 1.01. The Labute approximate surface area is 84.2 Å². The third-order valence-electron chi connectivity index (χ3n) is 2.61. The topological polar surface area (TPSA) is 0 Å². The Kier molecular flexibility index (Phi) is 2.90. The molecule has 0 saturated carbocycles. The van der Waals surface area contributed by atoms with E-state index in [2.05, 4.69) is 26.8 Å². The van der Waals surface area contributed by atoms with E-state index < -0.39 is 0 Å². The molecule has 12 heavy (non-hydrogen) atoms. The summed E-state index contributed by atoms with van der Waals surface area (Å²) in [6, 6.07) is 0. The van der Waals surface area contributed by atoms with E-state index in [4.69, 9.17) is 23.2 Å². The van der Waals surface area contributed by atoms with E-state index in [1.807, 2.05) is 6.08 Å². The van der Waals surface area contributed by atoms with E-state index in [9.17, 15) is 0 Å². The molecule has 1 atom stereocenters. The molecule has 1 rings (SSSR count). The number of halogens is 2. The fraction of sp³-hybridized carbons (Fsp3) is 0.600. The second-order valence-corrected chi connectivity index (χ2v) is 4.61. The second kappa shape index (κ2) is 3.43. The predicted molar refractivity (Wildman–Crippen MR) is 55.7 cm³/mol. The molecule has 0 amide bonds. The molecule has 0 N–H and O–H groups in total. The van der Waals surface area contributed by atoms with Crippen molar-refractivity contribution in [2.45, 2.75) is 20.8 Å². The lowest BCUT2D eigenvalue weighted by molar-refractivity contribution is 0.350. The summed E-state index contributed by atoms with van der Waals surface area (Å²) in [5, 5.41) is 0.847. The van der Waals surface area contributed by atoms with Crippen molar-refractivity contribution in [1.29, 1.82) is 0 Å². The summed E-state index contributed by atoms with van der Waals surface area (Å²) in [5.41, 5.74) is 1.35. The molecule has 0 aliphatic heterocycles. The standard InChI is InChI=1S/C10H14Cl2/c1-7-8(6-11)10(2,3)5-4-9(7)12/h4-5,8H,6H2,1-3H3. The number of alkyl halides is 1. The quantitative estimate of drug-likeness (QED) is 0.568. The first kappa shape index (κ1) is 10.1. The Bertz CT molecular complexity index is 236. The highest BCUT2D eigenvalue weighted by Gasteiger charge is 2.31. The van der Waals surface area contributed by atoms with Crippen molar-refractivity contribution in [2.24, 2.45) is 11.3 Å². The van der Waals surface area contributed by atoms with Crippen LogP contribution >= 0.6 is 23.2 Å². The highest BCUT2D eigenvalue weighted by molar-refractivity contribution is 6.31. The zero-order valence-electron chi connectivity index (χ0n) is 7.70. The van der Waals surface area contributed by atoms with Crippen LogP contribution in [0, 0.1) is 11.3 Å². The summed E-state index contributed by atoms with van der Waals surface area (Å²) in [6.07, 6.45) is 4.11. The van der Waals surface area contributed by atoms with Crippen LogP contribution in [0.1, 0.15) is 20.8 Å². The van der Waals surface area contributed by atoms with E-state index in [0.717, 1.165) is 5.03 Å². The molecule has 0 aromatic rings. The molecule has 68 valence electrons. The van der Waals surface area contributed by atoms with Crippen molar-refractivity contribution >= 4 is 23.2 Å². The Morgan fingerprint density at radius 3 is 2.50 bits per heavy atom. The molecule has 1 aliphatic carbocycles. The molecule has 0 aromatic heterocycles. The number of hydrogen-bond donors (Lipinski definition) is 0. The van der Waals surface area contributed by atoms with Crippen LogP contribution < -0.4 is 0 Å². The van der Waals surface area contributed by atoms with Gasteiger partial charge in [0.05, 0.1) is 0 Å². The van der Waals surface area contributed by atoms with Crippen LogP contribution in [0.2, 0.25) is 0 Å². The molecule has 0 spiro atoms. The van der Waals surface area contributed by atoms with Crippen LogP contribution in [-0.4, -0.2) is 5.88 Å². The van der Waals surface area contributed by atoms with Gasteiger partial charge in [0.2, 0.25) is 0 Å². The second-order valence-electron chi connectivity index (χ2n) is 3.89. The summed E-state index contributed by atoms with van der Waals surface area (Å²) in [6.45, 7) is 6.42. The molecule has 0 nitrogen and oxygen atoms in total. The first-order valence-electron chi connectivity index (χ1n) is 4.10. The molecule has 0 radical (unpaired) electrons. The number of allylic oxidation sites excluding steroid dienone is 4. The van der Waals surface area contributed by atoms with E-state index in [0.29, 0.717) is 11.8 Å². The van der Waals surface area contributed by atoms with Crippen molar-refractivity contribution in [2.75, 3.05) is 5.88 Å². The van der Waals surface area contributed by atoms with Gasteiger partial charge >= 0.3 is 0 Å². The maximum atomic E-state index is 6.00. The van der Waals surface area contributed by atoms with Gasteiger partial charge in [-0.15, -0.1) is 11.6 Å². The summed E-state index contributed by atoms with van der Waals surface area (Å²) in [4.78, 5) is 0. The molecule has 1 aliphatic rings. The van der Waals surface area contributed by atoms with E-state index in [1.165, 1.54) is 5.57 Å². The SMILES string of the molecule is CC1=C(Cl)C=CC(C)(C)C1CCl. The van der Waals surface area contributed by atoms with Gasteiger partial charge < -0.3 is 0 Å². The van der Waals surface area contributed by atoms with E-state index in [1.54, 1.807) is 0 Å². The van der Waals surface area contributed by atoms with Gasteiger partial charge in [-0.3, -0.25) is 0 Å². The lowest BCUT2D eigenvalue weighted by Crippen LogP contribution is -2.26. The highest BCUT2D eigenvalue weighted by Crippen LogP contribution is 2.40. The van der Waals surface area contributed by atoms with Crippen LogP contribution in [0.4, 0.5) is 0 Å². The normalized spacial score (nSPS) is 27.9. The fourth-order valence-corrected chi connectivity index (χ4v) is 2.40. The largest absolute Gasteiger partial charge is 0.126 e. The van der Waals surface area contributed by atoms with E-state index in [-0.39, 0.29) is 5.41 Å². The van der Waals surface area contributed by atoms with Crippen LogP contribution in [0.25, 0.3) is 0 Å². The molecule has 0 fully saturated rings. The van der Waals surface area contributed by atoms with Gasteiger partial charge in [-0.2, -0.15) is 0 Å². The first-order chi connectivity index (χ1) is 5.49. The van der Waals surface area contributed by atoms with Crippen LogP contribution in [-0.2, 0) is 0 Å². The van der Waals surface area contributed by atoms with Crippen LogP contribution in [0.3, 0.4) is 0 Å². The zero-order chi connectivity index (χ0) is 9.35. The lowest BCUT2D eigenvalue weighted by atomic mass is 9.73. The smallest absolute Gasteiger partial charge is 0.0395 e. The average Bonchev–Trinajstić information content (AvgIpc) is 1.99. The third kappa shape index (κ3) is 1.70. The fourth-order valence-electron chi connectivity index (χ4n) is 1.57. The van der Waals surface area contributed by atoms with Gasteiger partial charge in [-0.1, -0.05) is 31.5 Å². The Balaban J connectivity index is 3.01. The Hall–Kier alpha value is 0.0600. The molecule has 1 unspecified atom stereocenters. The van der Waals surface area contributed by atoms with Crippen molar-refractivity contribution in [1.82, 2.24) is 0 Å². The van der Waals surface area contributed by atoms with Crippen molar-refractivity contribution < 1.29 is 0 Å². The van der Waals surface area contributed by atoms with Crippen molar-refractivity contribution in [3.05, 3.63) is 22.8 Å². The molecular formula is C10H14Cl2. The average molecular weight is 205 g/mol. The zero-order valence-corrected chi connectivity index (χ0v) is 9.21. The van der Waals surface area contributed by atoms with Gasteiger partial charge in [-0.25, -0.2) is 0 Å². The summed E-state index contributed by atoms with van der Waals surface area (Å²) >= 11 is 11.9. The Morgan fingerprint density at radius 2 is 2.08 bits per heavy atom. The predicted octanol–water partition coefficient (Wildman–Crippen LogP) is 3.95. The van der Waals surface area contributed by atoms with Crippen molar-refractivity contribution in [3.8, 4) is 0 Å². The maximum absolute atomic E-state index is 6.00. The number of rotatable bonds is 1. The molecule has 0 heterocycles. The van der Waals surface area contributed by atoms with Crippen molar-refractivity contribution in [3.63, 3.8) is 0 Å². The van der Waals surface area contributed by atoms with Crippen LogP contribution in [0.15, 0.2) is 22.8 Å². The van der Waals surface area contributed by atoms with Gasteiger partial charge in [0.1, 0.15) is 0 Å². The van der Waals surface area contributed by atoms with Gasteiger partial charge in [0, 0.05) is 16.8 Å². The number of hydrogen-bond acceptors (Lipinski definition) is 0. The highest BCUT2D eigenvalue weighted by atomic mass is 35.5. The van der Waals surface area contributed by atoms with Gasteiger partial charge in [0.25, 0.3) is 0 Å². The first-order valence-corrected chi connectivity index (χ1v) is 5.02. The maximum Gasteiger partial charge on any atom is 0.0395 e. The minimum atomic E-state index is 0.143. The lowest BCUT2D eigenvalue weighted by Gasteiger charge is -2.34. The van der Waals surface area contributed by atoms with E-state index >= 15 is 0 Å². The molecular weight excluding hydrogens is 191 g/mol. The summed E-state index contributed by atoms with van der Waals surface area (Å²) in [7, 11) is 0. The van der Waals surface area contributed by atoms with Crippen LogP contribution in [0.5, 0.6) is 0 Å². The van der Waals surface area contributed by atoms with Gasteiger partial charge in [0.15, 0.2) is 0 Å². The minimum Gasteiger partial charge on any atom is -0.126 e. The Morgan fingerprint density at radius 1 is 1.50 bits per heavy atom. The molecule has 0 saturated heterocycles. The van der Waals surface area contributed by atoms with Gasteiger partial charge in [-0.05, 0) is 24.0 Å². The molecule has 2 heteroatoms. The minimum absolute atomic E-state index is 0.143. The molecule has 0 bridgehead atoms. The molecule has 0 aromatic carbocycles. The monoisotopic (exact) mass is 204 g/mol. The third-order valence-corrected chi connectivity index (χ3v) is 3.34. The summed E-state index contributed by atoms with van der Waals surface area (Å²) < 4.78 is 0.